The fraction of sp³-hybridized carbons (Fsp3) is 0.526. The first-order valence-corrected chi connectivity index (χ1v) is 9.03. The van der Waals surface area contributed by atoms with Gasteiger partial charge in [0, 0.05) is 18.2 Å². The minimum absolute atomic E-state index is 0.0169. The number of carbonyl (C=O) groups excluding carboxylic acids is 3. The predicted octanol–water partition coefficient (Wildman–Crippen LogP) is 1.93. The lowest BCUT2D eigenvalue weighted by atomic mass is 10.2. The second-order valence-electron chi connectivity index (χ2n) is 6.41. The van der Waals surface area contributed by atoms with E-state index in [0.717, 1.165) is 25.7 Å². The summed E-state index contributed by atoms with van der Waals surface area (Å²) in [5.74, 6) is 0.0850. The zero-order chi connectivity index (χ0) is 18.9. The van der Waals surface area contributed by atoms with Crippen LogP contribution in [0, 0.1) is 0 Å². The summed E-state index contributed by atoms with van der Waals surface area (Å²) in [5.41, 5.74) is 0.624. The molecule has 1 aliphatic rings. The summed E-state index contributed by atoms with van der Waals surface area (Å²) in [6.45, 7) is 1.92. The van der Waals surface area contributed by atoms with Crippen molar-refractivity contribution in [2.45, 2.75) is 45.1 Å². The van der Waals surface area contributed by atoms with Gasteiger partial charge in [0.05, 0.1) is 20.2 Å². The highest BCUT2D eigenvalue weighted by Gasteiger charge is 2.33. The predicted molar refractivity (Wildman–Crippen MR) is 98.9 cm³/mol. The van der Waals surface area contributed by atoms with Gasteiger partial charge in [0.1, 0.15) is 5.75 Å². The van der Waals surface area contributed by atoms with Gasteiger partial charge in [-0.2, -0.15) is 0 Å². The van der Waals surface area contributed by atoms with Gasteiger partial charge in [0.25, 0.3) is 0 Å². The first-order chi connectivity index (χ1) is 12.5. The van der Waals surface area contributed by atoms with Gasteiger partial charge in [-0.3, -0.25) is 14.4 Å². The van der Waals surface area contributed by atoms with Crippen LogP contribution in [0.1, 0.15) is 39.0 Å². The molecule has 7 nitrogen and oxygen atoms in total. The molecule has 2 N–H and O–H groups in total. The second kappa shape index (κ2) is 9.79. The van der Waals surface area contributed by atoms with Crippen LogP contribution in [-0.4, -0.2) is 48.9 Å². The maximum Gasteiger partial charge on any atom is 0.243 e. The van der Waals surface area contributed by atoms with Crippen LogP contribution in [0.25, 0.3) is 0 Å². The van der Waals surface area contributed by atoms with E-state index in [1.807, 2.05) is 6.92 Å². The number of ether oxygens (including phenoxy) is 1. The van der Waals surface area contributed by atoms with Gasteiger partial charge in [-0.15, -0.1) is 0 Å². The van der Waals surface area contributed by atoms with Crippen LogP contribution >= 0.6 is 0 Å². The Morgan fingerprint density at radius 2 is 1.85 bits per heavy atom. The number of hydrogen-bond acceptors (Lipinski definition) is 4. The fourth-order valence-corrected chi connectivity index (χ4v) is 2.55. The molecule has 0 atom stereocenters. The van der Waals surface area contributed by atoms with Crippen molar-refractivity contribution in [1.29, 1.82) is 0 Å². The van der Waals surface area contributed by atoms with Crippen LogP contribution in [0.2, 0.25) is 0 Å². The Morgan fingerprint density at radius 1 is 1.15 bits per heavy atom. The van der Waals surface area contributed by atoms with Crippen LogP contribution in [0.4, 0.5) is 5.69 Å². The summed E-state index contributed by atoms with van der Waals surface area (Å²) in [4.78, 5) is 37.9. The van der Waals surface area contributed by atoms with E-state index in [9.17, 15) is 14.4 Å². The molecular formula is C19H27N3O4. The third-order valence-electron chi connectivity index (χ3n) is 4.19. The van der Waals surface area contributed by atoms with Crippen molar-refractivity contribution in [1.82, 2.24) is 10.2 Å². The molecule has 1 saturated carbocycles. The molecule has 0 spiro atoms. The molecule has 0 aliphatic heterocycles. The molecule has 0 unspecified atom stereocenters. The molecule has 7 heteroatoms. The van der Waals surface area contributed by atoms with E-state index >= 15 is 0 Å². The average Bonchev–Trinajstić information content (AvgIpc) is 3.48. The quantitative estimate of drug-likeness (QED) is 0.667. The molecule has 1 aromatic carbocycles. The Hall–Kier alpha value is -2.57. The third-order valence-corrected chi connectivity index (χ3v) is 4.19. The Bertz CT molecular complexity index is 626. The van der Waals surface area contributed by atoms with Gasteiger partial charge >= 0.3 is 0 Å². The van der Waals surface area contributed by atoms with E-state index in [1.54, 1.807) is 36.3 Å². The van der Waals surface area contributed by atoms with Gasteiger partial charge in [-0.05, 0) is 43.5 Å². The number of unbranched alkanes of at least 4 members (excludes halogenated alkanes) is 1. The zero-order valence-electron chi connectivity index (χ0n) is 15.4. The van der Waals surface area contributed by atoms with Gasteiger partial charge in [0.15, 0.2) is 0 Å². The largest absolute Gasteiger partial charge is 0.497 e. The van der Waals surface area contributed by atoms with Crippen molar-refractivity contribution in [2.24, 2.45) is 0 Å². The lowest BCUT2D eigenvalue weighted by molar-refractivity contribution is -0.136. The first kappa shape index (κ1) is 19.8. The fourth-order valence-electron chi connectivity index (χ4n) is 2.55. The van der Waals surface area contributed by atoms with Crippen molar-refractivity contribution in [3.05, 3.63) is 24.3 Å². The van der Waals surface area contributed by atoms with E-state index in [1.165, 1.54) is 0 Å². The molecule has 142 valence electrons. The van der Waals surface area contributed by atoms with Crippen molar-refractivity contribution in [3.63, 3.8) is 0 Å². The maximum absolute atomic E-state index is 12.2. The molecule has 0 heterocycles. The summed E-state index contributed by atoms with van der Waals surface area (Å²) in [6.07, 6.45) is 4.14. The Kier molecular flexibility index (Phi) is 7.44. The highest BCUT2D eigenvalue weighted by Crippen LogP contribution is 2.27. The highest BCUT2D eigenvalue weighted by atomic mass is 16.5. The normalized spacial score (nSPS) is 13.0. The monoisotopic (exact) mass is 361 g/mol. The zero-order valence-corrected chi connectivity index (χ0v) is 15.4. The Balaban J connectivity index is 1.75. The van der Waals surface area contributed by atoms with Crippen LogP contribution in [-0.2, 0) is 14.4 Å². The molecule has 1 aliphatic carbocycles. The topological polar surface area (TPSA) is 87.7 Å². The molecule has 0 aromatic heterocycles. The summed E-state index contributed by atoms with van der Waals surface area (Å²) < 4.78 is 5.06. The van der Waals surface area contributed by atoms with Crippen molar-refractivity contribution in [2.75, 3.05) is 25.5 Å². The smallest absolute Gasteiger partial charge is 0.243 e. The number of nitrogens with one attached hydrogen (secondary N) is 2. The number of methoxy groups -OCH3 is 1. The average molecular weight is 361 g/mol. The number of benzene rings is 1. The van der Waals surface area contributed by atoms with Crippen LogP contribution < -0.4 is 15.4 Å². The number of amides is 3. The molecule has 1 aromatic rings. The standard InChI is InChI=1S/C19H27N3O4/c1-3-4-5-19(25)22(15-8-9-15)13-18(24)20-12-17(23)21-14-6-10-16(26-2)11-7-14/h6-7,10-11,15H,3-5,8-9,12-13H2,1-2H3,(H,20,24)(H,21,23). The molecular weight excluding hydrogens is 334 g/mol. The Labute approximate surface area is 154 Å². The number of rotatable bonds is 10. The second-order valence-corrected chi connectivity index (χ2v) is 6.41. The third kappa shape index (κ3) is 6.38. The van der Waals surface area contributed by atoms with Crippen molar-refractivity contribution >= 4 is 23.4 Å². The number of hydrogen-bond donors (Lipinski definition) is 2. The van der Waals surface area contributed by atoms with E-state index in [2.05, 4.69) is 10.6 Å². The minimum Gasteiger partial charge on any atom is -0.497 e. The molecule has 1 fully saturated rings. The SMILES string of the molecule is CCCCC(=O)N(CC(=O)NCC(=O)Nc1ccc(OC)cc1)C1CC1. The molecule has 2 rings (SSSR count). The summed E-state index contributed by atoms with van der Waals surface area (Å²) in [7, 11) is 1.57. The first-order valence-electron chi connectivity index (χ1n) is 9.03. The molecule has 3 amide bonds. The van der Waals surface area contributed by atoms with E-state index in [4.69, 9.17) is 4.74 Å². The summed E-state index contributed by atoms with van der Waals surface area (Å²) in [6, 6.07) is 7.10. The van der Waals surface area contributed by atoms with Gasteiger partial charge in [-0.1, -0.05) is 13.3 Å². The summed E-state index contributed by atoms with van der Waals surface area (Å²) >= 11 is 0. The molecule has 0 bridgehead atoms. The molecule has 26 heavy (non-hydrogen) atoms. The Morgan fingerprint density at radius 3 is 2.42 bits per heavy atom. The number of nitrogens with zero attached hydrogens (tertiary/aromatic N) is 1. The highest BCUT2D eigenvalue weighted by molar-refractivity contribution is 5.95. The lowest BCUT2D eigenvalue weighted by Crippen LogP contribution is -2.43. The molecule has 0 saturated heterocycles. The van der Waals surface area contributed by atoms with E-state index in [0.29, 0.717) is 17.9 Å². The van der Waals surface area contributed by atoms with E-state index < -0.39 is 0 Å². The van der Waals surface area contributed by atoms with Gasteiger partial charge < -0.3 is 20.3 Å². The van der Waals surface area contributed by atoms with Crippen LogP contribution in [0.3, 0.4) is 0 Å². The van der Waals surface area contributed by atoms with Crippen molar-refractivity contribution in [3.8, 4) is 5.75 Å². The lowest BCUT2D eigenvalue weighted by Gasteiger charge is -2.21. The minimum atomic E-state index is -0.321. The number of anilines is 1. The van der Waals surface area contributed by atoms with E-state index in [-0.39, 0.29) is 36.9 Å². The van der Waals surface area contributed by atoms with Crippen molar-refractivity contribution < 1.29 is 19.1 Å². The van der Waals surface area contributed by atoms with Crippen LogP contribution in [0.15, 0.2) is 24.3 Å². The van der Waals surface area contributed by atoms with Gasteiger partial charge in [0.2, 0.25) is 17.7 Å². The summed E-state index contributed by atoms with van der Waals surface area (Å²) in [5, 5.41) is 5.28. The molecule has 0 radical (unpaired) electrons. The number of carbonyl (C=O) groups is 3. The van der Waals surface area contributed by atoms with Gasteiger partial charge in [-0.25, -0.2) is 0 Å². The van der Waals surface area contributed by atoms with Crippen LogP contribution in [0.5, 0.6) is 5.75 Å². The maximum atomic E-state index is 12.2.